The van der Waals surface area contributed by atoms with Crippen molar-refractivity contribution in [1.82, 2.24) is 10.3 Å². The molecule has 1 heterocycles. The minimum atomic E-state index is 0.199. The minimum Gasteiger partial charge on any atom is -0.493 e. The lowest BCUT2D eigenvalue weighted by Crippen LogP contribution is -2.14. The summed E-state index contributed by atoms with van der Waals surface area (Å²) in [6.07, 6.45) is 4.46. The highest BCUT2D eigenvalue weighted by Crippen LogP contribution is 2.28. The molecule has 2 rings (SSSR count). The molecule has 1 atom stereocenters. The van der Waals surface area contributed by atoms with E-state index in [9.17, 15) is 0 Å². The topological polar surface area (TPSA) is 34.1 Å². The summed E-state index contributed by atoms with van der Waals surface area (Å²) in [4.78, 5) is 4.01. The second kappa shape index (κ2) is 7.27. The van der Waals surface area contributed by atoms with Gasteiger partial charge in [-0.1, -0.05) is 11.6 Å². The first kappa shape index (κ1) is 14.8. The van der Waals surface area contributed by atoms with Crippen LogP contribution in [0.3, 0.4) is 0 Å². The van der Waals surface area contributed by atoms with Crippen molar-refractivity contribution in [2.24, 2.45) is 0 Å². The lowest BCUT2D eigenvalue weighted by Gasteiger charge is -2.17. The van der Waals surface area contributed by atoms with Crippen molar-refractivity contribution < 1.29 is 4.74 Å². The smallest absolute Gasteiger partial charge is 0.124 e. The molecule has 20 heavy (non-hydrogen) atoms. The number of benzene rings is 1. The quantitative estimate of drug-likeness (QED) is 0.882. The zero-order valence-electron chi connectivity index (χ0n) is 11.8. The van der Waals surface area contributed by atoms with E-state index in [0.717, 1.165) is 22.8 Å². The van der Waals surface area contributed by atoms with Crippen LogP contribution >= 0.6 is 11.6 Å². The highest BCUT2D eigenvalue weighted by Gasteiger charge is 2.10. The normalized spacial score (nSPS) is 12.2. The van der Waals surface area contributed by atoms with E-state index < -0.39 is 0 Å². The molecule has 0 saturated heterocycles. The largest absolute Gasteiger partial charge is 0.493 e. The minimum absolute atomic E-state index is 0.199. The van der Waals surface area contributed by atoms with Crippen LogP contribution < -0.4 is 10.1 Å². The van der Waals surface area contributed by atoms with Crippen LogP contribution in [0.25, 0.3) is 0 Å². The SMILES string of the molecule is CNC(C)c1cc(Cl)ccc1OCCc1ccncc1. The summed E-state index contributed by atoms with van der Waals surface area (Å²) in [5, 5.41) is 3.94. The number of pyridine rings is 1. The molecule has 1 aromatic heterocycles. The second-order valence-electron chi connectivity index (χ2n) is 4.65. The molecule has 0 aliphatic rings. The van der Waals surface area contributed by atoms with Crippen LogP contribution in [0.1, 0.15) is 24.1 Å². The van der Waals surface area contributed by atoms with Crippen molar-refractivity contribution in [3.63, 3.8) is 0 Å². The van der Waals surface area contributed by atoms with Crippen LogP contribution in [0.15, 0.2) is 42.7 Å². The molecule has 3 nitrogen and oxygen atoms in total. The molecule has 0 saturated carbocycles. The summed E-state index contributed by atoms with van der Waals surface area (Å²) in [7, 11) is 1.92. The fourth-order valence-corrected chi connectivity index (χ4v) is 2.15. The van der Waals surface area contributed by atoms with E-state index in [1.807, 2.05) is 37.4 Å². The summed E-state index contributed by atoms with van der Waals surface area (Å²) in [5.74, 6) is 0.880. The Hall–Kier alpha value is -1.58. The van der Waals surface area contributed by atoms with Crippen molar-refractivity contribution in [1.29, 1.82) is 0 Å². The molecule has 0 fully saturated rings. The van der Waals surface area contributed by atoms with Crippen LogP contribution in [0.5, 0.6) is 5.75 Å². The predicted octanol–water partition coefficient (Wildman–Crippen LogP) is 3.64. The van der Waals surface area contributed by atoms with Crippen LogP contribution in [0, 0.1) is 0 Å². The number of ether oxygens (including phenoxy) is 1. The van der Waals surface area contributed by atoms with Gasteiger partial charge in [-0.3, -0.25) is 4.98 Å². The third-order valence-electron chi connectivity index (χ3n) is 3.27. The first-order valence-corrected chi connectivity index (χ1v) is 7.07. The second-order valence-corrected chi connectivity index (χ2v) is 5.08. The maximum Gasteiger partial charge on any atom is 0.124 e. The van der Waals surface area contributed by atoms with Gasteiger partial charge in [0.25, 0.3) is 0 Å². The Morgan fingerprint density at radius 1 is 1.25 bits per heavy atom. The fraction of sp³-hybridized carbons (Fsp3) is 0.312. The zero-order valence-corrected chi connectivity index (χ0v) is 12.5. The van der Waals surface area contributed by atoms with E-state index in [1.54, 1.807) is 12.4 Å². The van der Waals surface area contributed by atoms with Gasteiger partial charge in [0.1, 0.15) is 5.75 Å². The van der Waals surface area contributed by atoms with Gasteiger partial charge in [0.2, 0.25) is 0 Å². The van der Waals surface area contributed by atoms with Crippen molar-refractivity contribution in [2.45, 2.75) is 19.4 Å². The van der Waals surface area contributed by atoms with Gasteiger partial charge in [0, 0.05) is 35.4 Å². The summed E-state index contributed by atoms with van der Waals surface area (Å²) >= 11 is 6.06. The molecular weight excluding hydrogens is 272 g/mol. The van der Waals surface area contributed by atoms with Crippen LogP contribution in [0.2, 0.25) is 5.02 Å². The van der Waals surface area contributed by atoms with Gasteiger partial charge in [-0.15, -0.1) is 0 Å². The standard InChI is InChI=1S/C16H19ClN2O/c1-12(18-2)15-11-14(17)3-4-16(15)20-10-7-13-5-8-19-9-6-13/h3-6,8-9,11-12,18H,7,10H2,1-2H3. The van der Waals surface area contributed by atoms with Gasteiger partial charge in [-0.2, -0.15) is 0 Å². The van der Waals surface area contributed by atoms with Gasteiger partial charge in [-0.05, 0) is 49.9 Å². The van der Waals surface area contributed by atoms with Crippen molar-refractivity contribution in [2.75, 3.05) is 13.7 Å². The number of hydrogen-bond donors (Lipinski definition) is 1. The number of aromatic nitrogens is 1. The average Bonchev–Trinajstić information content (AvgIpc) is 2.49. The number of rotatable bonds is 6. The highest BCUT2D eigenvalue weighted by molar-refractivity contribution is 6.30. The summed E-state index contributed by atoms with van der Waals surface area (Å²) in [6, 6.07) is 9.94. The molecule has 0 aliphatic heterocycles. The molecule has 1 aromatic carbocycles. The third kappa shape index (κ3) is 3.95. The summed E-state index contributed by atoms with van der Waals surface area (Å²) in [5.41, 5.74) is 2.30. The number of halogens is 1. The van der Waals surface area contributed by atoms with Gasteiger partial charge in [-0.25, -0.2) is 0 Å². The predicted molar refractivity (Wildman–Crippen MR) is 82.4 cm³/mol. The number of nitrogens with zero attached hydrogens (tertiary/aromatic N) is 1. The van der Waals surface area contributed by atoms with Gasteiger partial charge in [0.05, 0.1) is 6.61 Å². The van der Waals surface area contributed by atoms with E-state index in [-0.39, 0.29) is 6.04 Å². The Morgan fingerprint density at radius 2 is 2.00 bits per heavy atom. The summed E-state index contributed by atoms with van der Waals surface area (Å²) in [6.45, 7) is 2.72. The Morgan fingerprint density at radius 3 is 2.70 bits per heavy atom. The Labute approximate surface area is 124 Å². The van der Waals surface area contributed by atoms with Crippen LogP contribution in [-0.4, -0.2) is 18.6 Å². The zero-order chi connectivity index (χ0) is 14.4. The van der Waals surface area contributed by atoms with Gasteiger partial charge >= 0.3 is 0 Å². The van der Waals surface area contributed by atoms with Crippen LogP contribution in [-0.2, 0) is 6.42 Å². The molecule has 1 N–H and O–H groups in total. The molecule has 0 aliphatic carbocycles. The summed E-state index contributed by atoms with van der Waals surface area (Å²) < 4.78 is 5.90. The highest BCUT2D eigenvalue weighted by atomic mass is 35.5. The first-order chi connectivity index (χ1) is 9.70. The van der Waals surface area contributed by atoms with Gasteiger partial charge in [0.15, 0.2) is 0 Å². The third-order valence-corrected chi connectivity index (χ3v) is 3.50. The molecule has 0 radical (unpaired) electrons. The Bertz CT molecular complexity index is 545. The lowest BCUT2D eigenvalue weighted by atomic mass is 10.1. The van der Waals surface area contributed by atoms with E-state index >= 15 is 0 Å². The maximum atomic E-state index is 6.06. The monoisotopic (exact) mass is 290 g/mol. The Balaban J connectivity index is 2.02. The first-order valence-electron chi connectivity index (χ1n) is 6.69. The van der Waals surface area contributed by atoms with E-state index in [4.69, 9.17) is 16.3 Å². The fourth-order valence-electron chi connectivity index (χ4n) is 1.97. The Kier molecular flexibility index (Phi) is 5.39. The van der Waals surface area contributed by atoms with E-state index in [1.165, 1.54) is 5.56 Å². The van der Waals surface area contributed by atoms with Crippen molar-refractivity contribution >= 4 is 11.6 Å². The molecule has 1 unspecified atom stereocenters. The average molecular weight is 291 g/mol. The van der Waals surface area contributed by atoms with Crippen molar-refractivity contribution in [3.8, 4) is 5.75 Å². The molecule has 0 spiro atoms. The number of nitrogens with one attached hydrogen (secondary N) is 1. The van der Waals surface area contributed by atoms with Gasteiger partial charge < -0.3 is 10.1 Å². The molecule has 4 heteroatoms. The maximum absolute atomic E-state index is 6.06. The molecule has 0 bridgehead atoms. The molecule has 2 aromatic rings. The van der Waals surface area contributed by atoms with E-state index in [2.05, 4.69) is 17.2 Å². The van der Waals surface area contributed by atoms with Crippen LogP contribution in [0.4, 0.5) is 0 Å². The molecule has 0 amide bonds. The van der Waals surface area contributed by atoms with E-state index in [0.29, 0.717) is 6.61 Å². The number of hydrogen-bond acceptors (Lipinski definition) is 3. The molecular formula is C16H19ClN2O. The molecule has 106 valence electrons. The van der Waals surface area contributed by atoms with Crippen molar-refractivity contribution in [3.05, 3.63) is 58.9 Å². The lowest BCUT2D eigenvalue weighted by molar-refractivity contribution is 0.315.